The normalized spacial score (nSPS) is 11.7. The zero-order valence-electron chi connectivity index (χ0n) is 8.14. The van der Waals surface area contributed by atoms with Crippen LogP contribution in [0.1, 0.15) is 32.9 Å². The fourth-order valence-electron chi connectivity index (χ4n) is 0.881. The van der Waals surface area contributed by atoms with Gasteiger partial charge in [-0.3, -0.25) is 0 Å². The van der Waals surface area contributed by atoms with Crippen LogP contribution in [0.15, 0.2) is 5.38 Å². The number of nitrogens with zero attached hydrogens (tertiary/aromatic N) is 1. The molecule has 0 saturated carbocycles. The van der Waals surface area contributed by atoms with Crippen LogP contribution >= 0.6 is 11.3 Å². The first-order valence-corrected chi connectivity index (χ1v) is 5.12. The van der Waals surface area contributed by atoms with Crippen molar-refractivity contribution in [1.29, 1.82) is 0 Å². The lowest BCUT2D eigenvalue weighted by atomic mass is 9.87. The van der Waals surface area contributed by atoms with E-state index in [4.69, 9.17) is 0 Å². The van der Waals surface area contributed by atoms with Gasteiger partial charge >= 0.3 is 0 Å². The standard InChI is InChI=1S/C9H16N2S/c1-5-9(2,3)7-6-12-8(10-4)11-7/h6H,5H2,1-4H3,(H,10,11). The molecular formula is C9H16N2S. The van der Waals surface area contributed by atoms with E-state index in [1.54, 1.807) is 11.3 Å². The number of nitrogens with one attached hydrogen (secondary N) is 1. The molecule has 0 bridgehead atoms. The van der Waals surface area contributed by atoms with Gasteiger partial charge in [-0.2, -0.15) is 0 Å². The Kier molecular flexibility index (Phi) is 2.73. The van der Waals surface area contributed by atoms with Crippen molar-refractivity contribution in [2.45, 2.75) is 32.6 Å². The predicted octanol–water partition coefficient (Wildman–Crippen LogP) is 2.87. The van der Waals surface area contributed by atoms with Gasteiger partial charge in [-0.1, -0.05) is 20.8 Å². The minimum atomic E-state index is 0.214. The van der Waals surface area contributed by atoms with E-state index in [0.29, 0.717) is 0 Å². The molecule has 0 unspecified atom stereocenters. The molecule has 0 spiro atoms. The van der Waals surface area contributed by atoms with Crippen molar-refractivity contribution < 1.29 is 0 Å². The van der Waals surface area contributed by atoms with Crippen molar-refractivity contribution in [2.24, 2.45) is 0 Å². The molecule has 0 aromatic carbocycles. The zero-order valence-corrected chi connectivity index (χ0v) is 8.96. The van der Waals surface area contributed by atoms with Gasteiger partial charge in [0.25, 0.3) is 0 Å². The van der Waals surface area contributed by atoms with Gasteiger partial charge in [-0.25, -0.2) is 4.98 Å². The smallest absolute Gasteiger partial charge is 0.182 e. The van der Waals surface area contributed by atoms with Crippen molar-refractivity contribution in [3.8, 4) is 0 Å². The number of thiazole rings is 1. The van der Waals surface area contributed by atoms with Crippen molar-refractivity contribution in [2.75, 3.05) is 12.4 Å². The van der Waals surface area contributed by atoms with Crippen molar-refractivity contribution in [1.82, 2.24) is 4.98 Å². The van der Waals surface area contributed by atoms with E-state index in [0.717, 1.165) is 11.6 Å². The molecular weight excluding hydrogens is 168 g/mol. The Hall–Kier alpha value is -0.570. The van der Waals surface area contributed by atoms with E-state index in [1.165, 1.54) is 5.69 Å². The van der Waals surface area contributed by atoms with Crippen LogP contribution in [0.5, 0.6) is 0 Å². The highest BCUT2D eigenvalue weighted by molar-refractivity contribution is 7.13. The maximum absolute atomic E-state index is 4.48. The molecule has 0 aliphatic heterocycles. The molecule has 2 nitrogen and oxygen atoms in total. The minimum Gasteiger partial charge on any atom is -0.365 e. The lowest BCUT2D eigenvalue weighted by Gasteiger charge is -2.19. The Morgan fingerprint density at radius 3 is 2.67 bits per heavy atom. The molecule has 0 radical (unpaired) electrons. The summed E-state index contributed by atoms with van der Waals surface area (Å²) in [6.07, 6.45) is 1.12. The second kappa shape index (κ2) is 3.44. The van der Waals surface area contributed by atoms with E-state index in [-0.39, 0.29) is 5.41 Å². The minimum absolute atomic E-state index is 0.214. The van der Waals surface area contributed by atoms with Crippen molar-refractivity contribution in [3.63, 3.8) is 0 Å². The summed E-state index contributed by atoms with van der Waals surface area (Å²) in [6.45, 7) is 6.64. The second-order valence-corrected chi connectivity index (χ2v) is 4.38. The van der Waals surface area contributed by atoms with Crippen molar-refractivity contribution >= 4 is 16.5 Å². The van der Waals surface area contributed by atoms with Gasteiger partial charge in [0.15, 0.2) is 5.13 Å². The van der Waals surface area contributed by atoms with E-state index >= 15 is 0 Å². The Bertz CT molecular complexity index is 253. The molecule has 1 rings (SSSR count). The lowest BCUT2D eigenvalue weighted by Crippen LogP contribution is -2.15. The topological polar surface area (TPSA) is 24.9 Å². The summed E-state index contributed by atoms with van der Waals surface area (Å²) in [5.41, 5.74) is 1.41. The predicted molar refractivity (Wildman–Crippen MR) is 55.0 cm³/mol. The lowest BCUT2D eigenvalue weighted by molar-refractivity contribution is 0.494. The molecule has 1 N–H and O–H groups in total. The third kappa shape index (κ3) is 1.78. The average Bonchev–Trinajstić information content (AvgIpc) is 2.52. The van der Waals surface area contributed by atoms with Crippen LogP contribution in [-0.2, 0) is 5.41 Å². The summed E-state index contributed by atoms with van der Waals surface area (Å²) in [7, 11) is 1.90. The molecule has 1 heterocycles. The van der Waals surface area contributed by atoms with Crippen LogP contribution in [-0.4, -0.2) is 12.0 Å². The number of rotatable bonds is 3. The van der Waals surface area contributed by atoms with Gasteiger partial charge in [0, 0.05) is 17.8 Å². The van der Waals surface area contributed by atoms with Gasteiger partial charge < -0.3 is 5.32 Å². The summed E-state index contributed by atoms with van der Waals surface area (Å²) in [5, 5.41) is 6.19. The first-order chi connectivity index (χ1) is 5.60. The molecule has 0 atom stereocenters. The number of hydrogen-bond donors (Lipinski definition) is 1. The molecule has 68 valence electrons. The zero-order chi connectivity index (χ0) is 9.19. The molecule has 3 heteroatoms. The Morgan fingerprint density at radius 2 is 2.25 bits per heavy atom. The van der Waals surface area contributed by atoms with Gasteiger partial charge in [0.1, 0.15) is 0 Å². The Balaban J connectivity index is 2.88. The second-order valence-electron chi connectivity index (χ2n) is 3.53. The SMILES string of the molecule is CCC(C)(C)c1csc(NC)n1. The highest BCUT2D eigenvalue weighted by atomic mass is 32.1. The van der Waals surface area contributed by atoms with Crippen LogP contribution < -0.4 is 5.32 Å². The average molecular weight is 184 g/mol. The van der Waals surface area contributed by atoms with E-state index in [2.05, 4.69) is 36.5 Å². The third-order valence-electron chi connectivity index (χ3n) is 2.30. The number of anilines is 1. The van der Waals surface area contributed by atoms with Gasteiger partial charge in [-0.15, -0.1) is 11.3 Å². The Labute approximate surface area is 78.0 Å². The van der Waals surface area contributed by atoms with Gasteiger partial charge in [-0.05, 0) is 6.42 Å². The largest absolute Gasteiger partial charge is 0.365 e. The highest BCUT2D eigenvalue weighted by Crippen LogP contribution is 2.29. The maximum atomic E-state index is 4.48. The summed E-state index contributed by atoms with van der Waals surface area (Å²) < 4.78 is 0. The third-order valence-corrected chi connectivity index (χ3v) is 3.16. The van der Waals surface area contributed by atoms with Crippen molar-refractivity contribution in [3.05, 3.63) is 11.1 Å². The van der Waals surface area contributed by atoms with Crippen LogP contribution in [0.4, 0.5) is 5.13 Å². The quantitative estimate of drug-likeness (QED) is 0.781. The number of aromatic nitrogens is 1. The fraction of sp³-hybridized carbons (Fsp3) is 0.667. The molecule has 0 amide bonds. The molecule has 1 aromatic rings. The van der Waals surface area contributed by atoms with E-state index in [9.17, 15) is 0 Å². The monoisotopic (exact) mass is 184 g/mol. The summed E-state index contributed by atoms with van der Waals surface area (Å²) in [4.78, 5) is 4.48. The maximum Gasteiger partial charge on any atom is 0.182 e. The van der Waals surface area contributed by atoms with E-state index < -0.39 is 0 Å². The van der Waals surface area contributed by atoms with Gasteiger partial charge in [0.2, 0.25) is 0 Å². The van der Waals surface area contributed by atoms with Crippen LogP contribution in [0.2, 0.25) is 0 Å². The first kappa shape index (κ1) is 9.52. The first-order valence-electron chi connectivity index (χ1n) is 4.24. The molecule has 12 heavy (non-hydrogen) atoms. The molecule has 0 saturated heterocycles. The van der Waals surface area contributed by atoms with Crippen LogP contribution in [0.3, 0.4) is 0 Å². The number of hydrogen-bond acceptors (Lipinski definition) is 3. The van der Waals surface area contributed by atoms with Crippen LogP contribution in [0.25, 0.3) is 0 Å². The highest BCUT2D eigenvalue weighted by Gasteiger charge is 2.20. The van der Waals surface area contributed by atoms with Crippen LogP contribution in [0, 0.1) is 0 Å². The fourth-order valence-corrected chi connectivity index (χ4v) is 1.74. The molecule has 0 fully saturated rings. The summed E-state index contributed by atoms with van der Waals surface area (Å²) in [5.74, 6) is 0. The molecule has 1 aromatic heterocycles. The molecule has 0 aliphatic carbocycles. The summed E-state index contributed by atoms with van der Waals surface area (Å²) >= 11 is 1.67. The summed E-state index contributed by atoms with van der Waals surface area (Å²) in [6, 6.07) is 0. The Morgan fingerprint density at radius 1 is 1.58 bits per heavy atom. The molecule has 0 aliphatic rings. The van der Waals surface area contributed by atoms with Gasteiger partial charge in [0.05, 0.1) is 5.69 Å². The van der Waals surface area contributed by atoms with E-state index in [1.807, 2.05) is 7.05 Å².